The van der Waals surface area contributed by atoms with Gasteiger partial charge in [-0.05, 0) is 30.7 Å². The van der Waals surface area contributed by atoms with Gasteiger partial charge >= 0.3 is 0 Å². The average molecular weight is 320 g/mol. The molecular formula is C17H24N2O4. The Morgan fingerprint density at radius 1 is 1.13 bits per heavy atom. The van der Waals surface area contributed by atoms with Crippen molar-refractivity contribution in [1.29, 1.82) is 0 Å². The van der Waals surface area contributed by atoms with Gasteiger partial charge in [-0.2, -0.15) is 0 Å². The smallest absolute Gasteiger partial charge is 0.254 e. The fourth-order valence-electron chi connectivity index (χ4n) is 3.02. The third-order valence-corrected chi connectivity index (χ3v) is 4.34. The maximum absolute atomic E-state index is 12.5. The van der Waals surface area contributed by atoms with Crippen molar-refractivity contribution in [2.24, 2.45) is 0 Å². The van der Waals surface area contributed by atoms with Gasteiger partial charge in [0.25, 0.3) is 5.91 Å². The normalized spacial score (nSPS) is 22.6. The number of hydrogen-bond acceptors (Lipinski definition) is 5. The Labute approximate surface area is 136 Å². The third kappa shape index (κ3) is 3.95. The molecule has 0 N–H and O–H groups in total. The van der Waals surface area contributed by atoms with Gasteiger partial charge < -0.3 is 24.0 Å². The number of benzene rings is 1. The largest absolute Gasteiger partial charge is 0.497 e. The SMILES string of the molecule is COc1ccc(N2CCCN(C(=O)[C@H]3COCCO3)CC2)cc1. The number of hydrogen-bond donors (Lipinski definition) is 0. The second-order valence-corrected chi connectivity index (χ2v) is 5.80. The fraction of sp³-hybridized carbons (Fsp3) is 0.588. The molecule has 0 aliphatic carbocycles. The van der Waals surface area contributed by atoms with E-state index in [-0.39, 0.29) is 5.91 Å². The van der Waals surface area contributed by atoms with Gasteiger partial charge in [-0.25, -0.2) is 0 Å². The number of carbonyl (C=O) groups is 1. The van der Waals surface area contributed by atoms with E-state index in [9.17, 15) is 4.79 Å². The summed E-state index contributed by atoms with van der Waals surface area (Å²) in [6.45, 7) is 4.70. The Bertz CT molecular complexity index is 514. The van der Waals surface area contributed by atoms with Crippen molar-refractivity contribution in [1.82, 2.24) is 4.90 Å². The average Bonchev–Trinajstić information content (AvgIpc) is 2.88. The summed E-state index contributed by atoms with van der Waals surface area (Å²) in [6.07, 6.45) is 0.516. The van der Waals surface area contributed by atoms with Crippen LogP contribution in [0, 0.1) is 0 Å². The molecule has 0 saturated carbocycles. The van der Waals surface area contributed by atoms with Gasteiger partial charge in [0.05, 0.1) is 26.9 Å². The van der Waals surface area contributed by atoms with E-state index in [0.29, 0.717) is 26.4 Å². The molecule has 1 atom stereocenters. The Balaban J connectivity index is 1.58. The Kier molecular flexibility index (Phi) is 5.35. The van der Waals surface area contributed by atoms with Crippen LogP contribution in [0.4, 0.5) is 5.69 Å². The monoisotopic (exact) mass is 320 g/mol. The van der Waals surface area contributed by atoms with Crippen LogP contribution in [-0.4, -0.2) is 70.0 Å². The van der Waals surface area contributed by atoms with E-state index < -0.39 is 6.10 Å². The van der Waals surface area contributed by atoms with Gasteiger partial charge in [0.2, 0.25) is 0 Å². The van der Waals surface area contributed by atoms with Crippen LogP contribution >= 0.6 is 0 Å². The van der Waals surface area contributed by atoms with Crippen molar-refractivity contribution in [3.63, 3.8) is 0 Å². The first kappa shape index (κ1) is 16.1. The lowest BCUT2D eigenvalue weighted by Gasteiger charge is -2.28. The Morgan fingerprint density at radius 3 is 2.65 bits per heavy atom. The summed E-state index contributed by atoms with van der Waals surface area (Å²) in [5.74, 6) is 0.913. The summed E-state index contributed by atoms with van der Waals surface area (Å²) < 4.78 is 16.1. The second-order valence-electron chi connectivity index (χ2n) is 5.80. The van der Waals surface area contributed by atoms with E-state index in [1.54, 1.807) is 7.11 Å². The van der Waals surface area contributed by atoms with Crippen LogP contribution in [0.15, 0.2) is 24.3 Å². The van der Waals surface area contributed by atoms with Gasteiger partial charge in [-0.1, -0.05) is 0 Å². The van der Waals surface area contributed by atoms with Crippen molar-refractivity contribution in [3.05, 3.63) is 24.3 Å². The van der Waals surface area contributed by atoms with Crippen molar-refractivity contribution in [3.8, 4) is 5.75 Å². The lowest BCUT2D eigenvalue weighted by Crippen LogP contribution is -2.46. The molecule has 1 aromatic rings. The number of amides is 1. The highest BCUT2D eigenvalue weighted by Crippen LogP contribution is 2.21. The first-order valence-electron chi connectivity index (χ1n) is 8.15. The molecule has 23 heavy (non-hydrogen) atoms. The minimum Gasteiger partial charge on any atom is -0.497 e. The lowest BCUT2D eigenvalue weighted by molar-refractivity contribution is -0.157. The lowest BCUT2D eigenvalue weighted by atomic mass is 10.2. The molecule has 2 aliphatic heterocycles. The van der Waals surface area contributed by atoms with E-state index >= 15 is 0 Å². The van der Waals surface area contributed by atoms with Crippen LogP contribution in [0.5, 0.6) is 5.75 Å². The molecular weight excluding hydrogens is 296 g/mol. The van der Waals surface area contributed by atoms with Gasteiger partial charge in [0.15, 0.2) is 6.10 Å². The van der Waals surface area contributed by atoms with E-state index in [2.05, 4.69) is 17.0 Å². The summed E-state index contributed by atoms with van der Waals surface area (Å²) in [5, 5.41) is 0. The molecule has 2 fully saturated rings. The van der Waals surface area contributed by atoms with Crippen LogP contribution in [-0.2, 0) is 14.3 Å². The second kappa shape index (κ2) is 7.66. The number of nitrogens with zero attached hydrogens (tertiary/aromatic N) is 2. The van der Waals surface area contributed by atoms with Crippen molar-refractivity contribution in [2.75, 3.05) is 58.0 Å². The molecule has 126 valence electrons. The maximum Gasteiger partial charge on any atom is 0.254 e. The molecule has 0 radical (unpaired) electrons. The number of rotatable bonds is 3. The highest BCUT2D eigenvalue weighted by molar-refractivity contribution is 5.81. The van der Waals surface area contributed by atoms with Crippen LogP contribution in [0.1, 0.15) is 6.42 Å². The Morgan fingerprint density at radius 2 is 1.96 bits per heavy atom. The van der Waals surface area contributed by atoms with E-state index in [0.717, 1.165) is 37.5 Å². The quantitative estimate of drug-likeness (QED) is 0.836. The maximum atomic E-state index is 12.5. The van der Waals surface area contributed by atoms with Gasteiger partial charge in [-0.3, -0.25) is 4.79 Å². The number of carbonyl (C=O) groups excluding carboxylic acids is 1. The third-order valence-electron chi connectivity index (χ3n) is 4.34. The van der Waals surface area contributed by atoms with E-state index in [1.165, 1.54) is 0 Å². The molecule has 0 aromatic heterocycles. The fourth-order valence-corrected chi connectivity index (χ4v) is 3.02. The van der Waals surface area contributed by atoms with Crippen molar-refractivity contribution >= 4 is 11.6 Å². The zero-order valence-corrected chi connectivity index (χ0v) is 13.6. The molecule has 2 aliphatic rings. The van der Waals surface area contributed by atoms with Crippen LogP contribution in [0.2, 0.25) is 0 Å². The summed E-state index contributed by atoms with van der Waals surface area (Å²) >= 11 is 0. The van der Waals surface area contributed by atoms with Crippen molar-refractivity contribution in [2.45, 2.75) is 12.5 Å². The van der Waals surface area contributed by atoms with Crippen LogP contribution in [0.25, 0.3) is 0 Å². The number of methoxy groups -OCH3 is 1. The standard InChI is InChI=1S/C17H24N2O4/c1-21-15-5-3-14(4-6-15)18-7-2-8-19(10-9-18)17(20)16-13-22-11-12-23-16/h3-6,16H,2,7-13H2,1H3/t16-/m1/s1. The summed E-state index contributed by atoms with van der Waals surface area (Å²) in [7, 11) is 1.67. The van der Waals surface area contributed by atoms with Crippen molar-refractivity contribution < 1.29 is 19.0 Å². The van der Waals surface area contributed by atoms with Crippen LogP contribution in [0.3, 0.4) is 0 Å². The number of anilines is 1. The first-order chi connectivity index (χ1) is 11.3. The first-order valence-corrected chi connectivity index (χ1v) is 8.15. The van der Waals surface area contributed by atoms with E-state index in [4.69, 9.17) is 14.2 Å². The molecule has 2 saturated heterocycles. The van der Waals surface area contributed by atoms with Gasteiger partial charge in [0.1, 0.15) is 5.75 Å². The Hall–Kier alpha value is -1.79. The van der Waals surface area contributed by atoms with Gasteiger partial charge in [-0.15, -0.1) is 0 Å². The highest BCUT2D eigenvalue weighted by atomic mass is 16.6. The molecule has 2 heterocycles. The molecule has 6 heteroatoms. The highest BCUT2D eigenvalue weighted by Gasteiger charge is 2.28. The molecule has 0 spiro atoms. The zero-order valence-electron chi connectivity index (χ0n) is 13.6. The summed E-state index contributed by atoms with van der Waals surface area (Å²) in [5.41, 5.74) is 1.16. The minimum atomic E-state index is -0.434. The minimum absolute atomic E-state index is 0.0567. The zero-order chi connectivity index (χ0) is 16.1. The molecule has 0 unspecified atom stereocenters. The topological polar surface area (TPSA) is 51.2 Å². The predicted molar refractivity (Wildman–Crippen MR) is 87.0 cm³/mol. The molecule has 1 amide bonds. The predicted octanol–water partition coefficient (Wildman–Crippen LogP) is 1.15. The summed E-state index contributed by atoms with van der Waals surface area (Å²) in [6, 6.07) is 8.06. The van der Waals surface area contributed by atoms with E-state index in [1.807, 2.05) is 17.0 Å². The number of ether oxygens (including phenoxy) is 3. The summed E-state index contributed by atoms with van der Waals surface area (Å²) in [4.78, 5) is 16.7. The van der Waals surface area contributed by atoms with Crippen LogP contribution < -0.4 is 9.64 Å². The molecule has 1 aromatic carbocycles. The molecule has 0 bridgehead atoms. The molecule has 3 rings (SSSR count). The van der Waals surface area contributed by atoms with Gasteiger partial charge in [0, 0.05) is 31.9 Å². The molecule has 6 nitrogen and oxygen atoms in total.